The predicted molar refractivity (Wildman–Crippen MR) is 92.8 cm³/mol. The van der Waals surface area contributed by atoms with Gasteiger partial charge in [0.15, 0.2) is 11.4 Å². The fourth-order valence-corrected chi connectivity index (χ4v) is 3.23. The highest BCUT2D eigenvalue weighted by Gasteiger charge is 2.54. The smallest absolute Gasteiger partial charge is 0.264 e. The molecule has 1 aliphatic rings. The third-order valence-corrected chi connectivity index (χ3v) is 4.57. The van der Waals surface area contributed by atoms with Crippen LogP contribution in [0.2, 0.25) is 0 Å². The first kappa shape index (κ1) is 16.1. The number of Topliss-reactive ketones (excluding diaryl/α,β-unsaturated/α-hetero) is 1. The van der Waals surface area contributed by atoms with E-state index < -0.39 is 17.4 Å². The van der Waals surface area contributed by atoms with Gasteiger partial charge in [-0.1, -0.05) is 61.5 Å². The molecule has 3 rings (SSSR count). The molecule has 1 heterocycles. The molecule has 122 valence electrons. The SMILES string of the molecule is C=CCN1C(=O)[C@](O)([C@H](C)C(=O)c2ccccc2)c2ccccc21. The average molecular weight is 321 g/mol. The number of hydrogen-bond donors (Lipinski definition) is 1. The van der Waals surface area contributed by atoms with Crippen LogP contribution in [0, 0.1) is 5.92 Å². The van der Waals surface area contributed by atoms with Crippen molar-refractivity contribution in [1.29, 1.82) is 0 Å². The van der Waals surface area contributed by atoms with E-state index in [9.17, 15) is 14.7 Å². The summed E-state index contributed by atoms with van der Waals surface area (Å²) in [5, 5.41) is 11.3. The first-order valence-corrected chi connectivity index (χ1v) is 7.85. The number of para-hydroxylation sites is 1. The molecule has 2 aromatic carbocycles. The summed E-state index contributed by atoms with van der Waals surface area (Å²) < 4.78 is 0. The zero-order chi connectivity index (χ0) is 17.3. The largest absolute Gasteiger partial charge is 0.375 e. The normalized spacial score (nSPS) is 20.6. The maximum Gasteiger partial charge on any atom is 0.264 e. The Morgan fingerprint density at radius 3 is 2.50 bits per heavy atom. The predicted octanol–water partition coefficient (Wildman–Crippen LogP) is 2.93. The highest BCUT2D eigenvalue weighted by atomic mass is 16.3. The van der Waals surface area contributed by atoms with Crippen molar-refractivity contribution in [3.63, 3.8) is 0 Å². The number of benzene rings is 2. The molecule has 0 aromatic heterocycles. The van der Waals surface area contributed by atoms with Gasteiger partial charge in [0, 0.05) is 17.7 Å². The van der Waals surface area contributed by atoms with Crippen LogP contribution in [0.1, 0.15) is 22.8 Å². The minimum absolute atomic E-state index is 0.262. The Balaban J connectivity index is 2.07. The van der Waals surface area contributed by atoms with Crippen molar-refractivity contribution in [3.8, 4) is 0 Å². The summed E-state index contributed by atoms with van der Waals surface area (Å²) in [6, 6.07) is 15.8. The Morgan fingerprint density at radius 2 is 1.83 bits per heavy atom. The molecule has 0 radical (unpaired) electrons. The molecule has 0 saturated carbocycles. The van der Waals surface area contributed by atoms with E-state index >= 15 is 0 Å². The molecule has 1 amide bonds. The molecule has 4 nitrogen and oxygen atoms in total. The Kier molecular flexibility index (Phi) is 4.08. The van der Waals surface area contributed by atoms with E-state index in [0.717, 1.165) is 0 Å². The second-order valence-corrected chi connectivity index (χ2v) is 5.94. The monoisotopic (exact) mass is 321 g/mol. The van der Waals surface area contributed by atoms with Crippen LogP contribution in [0.5, 0.6) is 0 Å². The van der Waals surface area contributed by atoms with Crippen LogP contribution in [0.15, 0.2) is 67.3 Å². The van der Waals surface area contributed by atoms with E-state index in [4.69, 9.17) is 0 Å². The highest BCUT2D eigenvalue weighted by molar-refractivity contribution is 6.11. The van der Waals surface area contributed by atoms with Crippen LogP contribution in [0.4, 0.5) is 5.69 Å². The van der Waals surface area contributed by atoms with Gasteiger partial charge in [-0.3, -0.25) is 9.59 Å². The van der Waals surface area contributed by atoms with Crippen molar-refractivity contribution in [2.75, 3.05) is 11.4 Å². The van der Waals surface area contributed by atoms with Gasteiger partial charge in [0.1, 0.15) is 0 Å². The van der Waals surface area contributed by atoms with Gasteiger partial charge >= 0.3 is 0 Å². The third kappa shape index (κ3) is 2.27. The van der Waals surface area contributed by atoms with Crippen LogP contribution in [0.3, 0.4) is 0 Å². The van der Waals surface area contributed by atoms with Crippen molar-refractivity contribution >= 4 is 17.4 Å². The Labute approximate surface area is 141 Å². The summed E-state index contributed by atoms with van der Waals surface area (Å²) in [4.78, 5) is 27.2. The molecule has 1 N–H and O–H groups in total. The van der Waals surface area contributed by atoms with E-state index in [1.54, 1.807) is 61.5 Å². The molecular formula is C20H19NO3. The van der Waals surface area contributed by atoms with Crippen molar-refractivity contribution in [2.24, 2.45) is 5.92 Å². The van der Waals surface area contributed by atoms with E-state index in [1.807, 2.05) is 6.07 Å². The average Bonchev–Trinajstić information content (AvgIpc) is 2.85. The zero-order valence-corrected chi connectivity index (χ0v) is 13.5. The molecule has 0 spiro atoms. The first-order chi connectivity index (χ1) is 11.5. The molecule has 0 fully saturated rings. The lowest BCUT2D eigenvalue weighted by molar-refractivity contribution is -0.139. The van der Waals surface area contributed by atoms with Crippen LogP contribution >= 0.6 is 0 Å². The number of ketones is 1. The summed E-state index contributed by atoms with van der Waals surface area (Å²) in [6.07, 6.45) is 1.60. The Bertz CT molecular complexity index is 800. The fourth-order valence-electron chi connectivity index (χ4n) is 3.23. The molecule has 0 saturated heterocycles. The Morgan fingerprint density at radius 1 is 1.21 bits per heavy atom. The van der Waals surface area contributed by atoms with Crippen LogP contribution in [-0.4, -0.2) is 23.3 Å². The van der Waals surface area contributed by atoms with Gasteiger partial charge in [0.05, 0.1) is 11.6 Å². The summed E-state index contributed by atoms with van der Waals surface area (Å²) in [5.74, 6) is -1.65. The number of carbonyl (C=O) groups excluding carboxylic acids is 2. The molecule has 0 unspecified atom stereocenters. The summed E-state index contributed by atoms with van der Waals surface area (Å²) in [5.41, 5.74) is -0.302. The van der Waals surface area contributed by atoms with E-state index in [1.165, 1.54) is 4.90 Å². The van der Waals surface area contributed by atoms with Crippen molar-refractivity contribution < 1.29 is 14.7 Å². The minimum atomic E-state index is -1.87. The van der Waals surface area contributed by atoms with Crippen LogP contribution in [0.25, 0.3) is 0 Å². The van der Waals surface area contributed by atoms with Gasteiger partial charge < -0.3 is 10.0 Å². The quantitative estimate of drug-likeness (QED) is 0.680. The number of nitrogens with zero attached hydrogens (tertiary/aromatic N) is 1. The molecule has 2 atom stereocenters. The topological polar surface area (TPSA) is 57.6 Å². The van der Waals surface area contributed by atoms with E-state index in [-0.39, 0.29) is 12.3 Å². The summed E-state index contributed by atoms with van der Waals surface area (Å²) in [6.45, 7) is 5.55. The number of hydrogen-bond acceptors (Lipinski definition) is 3. The van der Waals surface area contributed by atoms with Crippen molar-refractivity contribution in [3.05, 3.63) is 78.4 Å². The molecule has 24 heavy (non-hydrogen) atoms. The maximum absolute atomic E-state index is 12.9. The standard InChI is InChI=1S/C20H19NO3/c1-3-13-21-17-12-8-7-11-16(17)20(24,19(21)23)14(2)18(22)15-9-5-4-6-10-15/h3-12,14,24H,1,13H2,2H3/t14-,20+/m1/s1. The third-order valence-electron chi connectivity index (χ3n) is 4.57. The second kappa shape index (κ2) is 6.06. The van der Waals surface area contributed by atoms with Crippen molar-refractivity contribution in [2.45, 2.75) is 12.5 Å². The van der Waals surface area contributed by atoms with Gasteiger partial charge in [-0.25, -0.2) is 0 Å². The maximum atomic E-state index is 12.9. The van der Waals surface area contributed by atoms with Gasteiger partial charge in [0.25, 0.3) is 5.91 Å². The van der Waals surface area contributed by atoms with Crippen LogP contribution in [-0.2, 0) is 10.4 Å². The highest BCUT2D eigenvalue weighted by Crippen LogP contribution is 2.45. The lowest BCUT2D eigenvalue weighted by Crippen LogP contribution is -2.47. The van der Waals surface area contributed by atoms with Crippen LogP contribution < -0.4 is 4.90 Å². The Hall–Kier alpha value is -2.72. The van der Waals surface area contributed by atoms with Gasteiger partial charge in [-0.15, -0.1) is 6.58 Å². The number of anilines is 1. The number of amides is 1. The van der Waals surface area contributed by atoms with Crippen molar-refractivity contribution in [1.82, 2.24) is 0 Å². The lowest BCUT2D eigenvalue weighted by atomic mass is 9.79. The van der Waals surface area contributed by atoms with Gasteiger partial charge in [-0.05, 0) is 6.07 Å². The van der Waals surface area contributed by atoms with Gasteiger partial charge in [-0.2, -0.15) is 0 Å². The lowest BCUT2D eigenvalue weighted by Gasteiger charge is -2.28. The second-order valence-electron chi connectivity index (χ2n) is 5.94. The molecule has 4 heteroatoms. The van der Waals surface area contributed by atoms with E-state index in [2.05, 4.69) is 6.58 Å². The van der Waals surface area contributed by atoms with E-state index in [0.29, 0.717) is 16.8 Å². The zero-order valence-electron chi connectivity index (χ0n) is 13.5. The minimum Gasteiger partial charge on any atom is -0.375 e. The molecule has 0 aliphatic carbocycles. The number of carbonyl (C=O) groups is 2. The molecule has 1 aliphatic heterocycles. The molecular weight excluding hydrogens is 302 g/mol. The summed E-state index contributed by atoms with van der Waals surface area (Å²) >= 11 is 0. The van der Waals surface area contributed by atoms with Gasteiger partial charge in [0.2, 0.25) is 0 Å². The number of aliphatic hydroxyl groups is 1. The first-order valence-electron chi connectivity index (χ1n) is 7.85. The molecule has 2 aromatic rings. The number of rotatable bonds is 5. The summed E-state index contributed by atoms with van der Waals surface area (Å²) in [7, 11) is 0. The molecule has 0 bridgehead atoms. The fraction of sp³-hybridized carbons (Fsp3) is 0.200. The number of fused-ring (bicyclic) bond motifs is 1.